The number of ether oxygens (including phenoxy) is 1. The lowest BCUT2D eigenvalue weighted by Gasteiger charge is -2.40. The Hall–Kier alpha value is -3.35. The molecule has 0 aromatic heterocycles. The molecule has 1 N–H and O–H groups in total. The van der Waals surface area contributed by atoms with Gasteiger partial charge in [0.2, 0.25) is 0 Å². The highest BCUT2D eigenvalue weighted by Gasteiger charge is 2.32. The van der Waals surface area contributed by atoms with E-state index in [0.717, 1.165) is 18.4 Å². The van der Waals surface area contributed by atoms with Gasteiger partial charge in [0.15, 0.2) is 0 Å². The number of carbonyl (C=O) groups is 3. The lowest BCUT2D eigenvalue weighted by Crippen LogP contribution is -2.56. The summed E-state index contributed by atoms with van der Waals surface area (Å²) >= 11 is 0. The van der Waals surface area contributed by atoms with Crippen molar-refractivity contribution >= 4 is 29.2 Å². The smallest absolute Gasteiger partial charge is 0.315 e. The first kappa shape index (κ1) is 19.6. The van der Waals surface area contributed by atoms with E-state index >= 15 is 0 Å². The lowest BCUT2D eigenvalue weighted by molar-refractivity contribution is -0.144. The van der Waals surface area contributed by atoms with Crippen LogP contribution in [0.1, 0.15) is 30.0 Å². The third kappa shape index (κ3) is 3.76. The van der Waals surface area contributed by atoms with Crippen LogP contribution in [0.15, 0.2) is 36.4 Å². The monoisotopic (exact) mass is 419 g/mol. The highest BCUT2D eigenvalue weighted by Crippen LogP contribution is 2.30. The van der Waals surface area contributed by atoms with Crippen LogP contribution in [0.5, 0.6) is 5.75 Å². The van der Waals surface area contributed by atoms with Gasteiger partial charge >= 0.3 is 17.8 Å². The summed E-state index contributed by atoms with van der Waals surface area (Å²) in [6.45, 7) is 3.84. The quantitative estimate of drug-likeness (QED) is 0.459. The molecule has 0 unspecified atom stereocenters. The fourth-order valence-corrected chi connectivity index (χ4v) is 4.75. The number of aryl methyl sites for hydroxylation is 2. The molecule has 3 aliphatic rings. The maximum atomic E-state index is 12.8. The van der Waals surface area contributed by atoms with Crippen molar-refractivity contribution in [2.45, 2.75) is 38.6 Å². The molecule has 1 atom stereocenters. The van der Waals surface area contributed by atoms with Crippen LogP contribution < -0.4 is 15.0 Å². The Bertz CT molecular complexity index is 1080. The number of carbonyl (C=O) groups excluding carboxylic acids is 3. The summed E-state index contributed by atoms with van der Waals surface area (Å²) in [5, 5.41) is 2.64. The van der Waals surface area contributed by atoms with Crippen LogP contribution in [0, 0.1) is 0 Å². The number of nitrogens with zero attached hydrogens (tertiary/aromatic N) is 2. The number of esters is 1. The van der Waals surface area contributed by atoms with E-state index in [9.17, 15) is 14.4 Å². The first-order valence-corrected chi connectivity index (χ1v) is 10.8. The van der Waals surface area contributed by atoms with Crippen LogP contribution in [-0.2, 0) is 33.6 Å². The third-order valence-electron chi connectivity index (χ3n) is 6.41. The fourth-order valence-electron chi connectivity index (χ4n) is 4.75. The van der Waals surface area contributed by atoms with Crippen molar-refractivity contribution in [3.63, 3.8) is 0 Å². The minimum Gasteiger partial charge on any atom is -0.426 e. The average molecular weight is 419 g/mol. The van der Waals surface area contributed by atoms with Crippen molar-refractivity contribution in [3.05, 3.63) is 53.1 Å². The van der Waals surface area contributed by atoms with E-state index in [4.69, 9.17) is 4.74 Å². The summed E-state index contributed by atoms with van der Waals surface area (Å²) in [7, 11) is 0. The van der Waals surface area contributed by atoms with Crippen molar-refractivity contribution in [3.8, 4) is 5.75 Å². The number of rotatable bonds is 2. The summed E-state index contributed by atoms with van der Waals surface area (Å²) < 4.78 is 5.11. The molecular weight excluding hydrogens is 394 g/mol. The normalized spacial score (nSPS) is 19.6. The molecule has 1 fully saturated rings. The molecule has 2 amide bonds. The van der Waals surface area contributed by atoms with Crippen molar-refractivity contribution in [1.82, 2.24) is 4.90 Å². The summed E-state index contributed by atoms with van der Waals surface area (Å²) in [6.07, 6.45) is 3.75. The van der Waals surface area contributed by atoms with Gasteiger partial charge in [-0.2, -0.15) is 0 Å². The minimum absolute atomic E-state index is 0.0822. The topological polar surface area (TPSA) is 79.0 Å². The molecule has 2 aromatic carbocycles. The van der Waals surface area contributed by atoms with Crippen LogP contribution in [0.2, 0.25) is 0 Å². The predicted octanol–water partition coefficient (Wildman–Crippen LogP) is 2.31. The molecule has 7 nitrogen and oxygen atoms in total. The van der Waals surface area contributed by atoms with Gasteiger partial charge in [-0.05, 0) is 55.5 Å². The van der Waals surface area contributed by atoms with Crippen LogP contribution in [-0.4, -0.2) is 48.4 Å². The van der Waals surface area contributed by atoms with Crippen molar-refractivity contribution in [2.75, 3.05) is 29.9 Å². The van der Waals surface area contributed by atoms with Crippen LogP contribution in [0.4, 0.5) is 11.4 Å². The second-order valence-electron chi connectivity index (χ2n) is 8.53. The van der Waals surface area contributed by atoms with E-state index in [1.54, 1.807) is 23.1 Å². The highest BCUT2D eigenvalue weighted by molar-refractivity contribution is 6.39. The van der Waals surface area contributed by atoms with Gasteiger partial charge in [0.05, 0.1) is 6.42 Å². The van der Waals surface area contributed by atoms with E-state index < -0.39 is 11.8 Å². The highest BCUT2D eigenvalue weighted by atomic mass is 16.5. The molecule has 160 valence electrons. The van der Waals surface area contributed by atoms with E-state index in [2.05, 4.69) is 28.4 Å². The number of hydrogen-bond acceptors (Lipinski definition) is 5. The molecule has 2 aliphatic heterocycles. The Morgan fingerprint density at radius 3 is 2.68 bits per heavy atom. The lowest BCUT2D eigenvalue weighted by atomic mass is 10.1. The zero-order chi connectivity index (χ0) is 21.5. The van der Waals surface area contributed by atoms with Crippen LogP contribution in [0.25, 0.3) is 0 Å². The van der Waals surface area contributed by atoms with Crippen molar-refractivity contribution in [2.24, 2.45) is 0 Å². The largest absolute Gasteiger partial charge is 0.426 e. The maximum Gasteiger partial charge on any atom is 0.315 e. The Balaban J connectivity index is 1.22. The summed E-state index contributed by atoms with van der Waals surface area (Å²) in [5.41, 5.74) is 5.30. The first-order valence-electron chi connectivity index (χ1n) is 10.8. The third-order valence-corrected chi connectivity index (χ3v) is 6.41. The van der Waals surface area contributed by atoms with Crippen molar-refractivity contribution in [1.29, 1.82) is 0 Å². The van der Waals surface area contributed by atoms with Crippen LogP contribution in [0.3, 0.4) is 0 Å². The zero-order valence-electron chi connectivity index (χ0n) is 17.5. The Kier molecular flexibility index (Phi) is 4.88. The van der Waals surface area contributed by atoms with E-state index in [1.807, 2.05) is 6.92 Å². The van der Waals surface area contributed by atoms with Gasteiger partial charge < -0.3 is 19.9 Å². The van der Waals surface area contributed by atoms with Crippen molar-refractivity contribution < 1.29 is 19.1 Å². The fraction of sp³-hybridized carbons (Fsp3) is 0.375. The number of amides is 2. The maximum absolute atomic E-state index is 12.8. The minimum atomic E-state index is -0.679. The van der Waals surface area contributed by atoms with Gasteiger partial charge in [-0.3, -0.25) is 14.4 Å². The molecule has 0 spiro atoms. The number of anilines is 2. The molecule has 2 aromatic rings. The number of fused-ring (bicyclic) bond motifs is 2. The number of nitrogens with one attached hydrogen (secondary N) is 1. The summed E-state index contributed by atoms with van der Waals surface area (Å²) in [6, 6.07) is 11.6. The molecule has 0 radical (unpaired) electrons. The standard InChI is InChI=1S/C24H25N3O4/c1-15-14-26(20-8-6-16-3-2-4-17(16)11-20)9-10-27(15)24(30)23(29)25-19-7-5-18-12-22(28)31-21(18)13-19/h5-8,11,13,15H,2-4,9-10,12,14H2,1H3,(H,25,29)/t15-/m1/s1. The second-order valence-corrected chi connectivity index (χ2v) is 8.53. The molecule has 0 saturated carbocycles. The molecule has 31 heavy (non-hydrogen) atoms. The zero-order valence-corrected chi connectivity index (χ0v) is 17.5. The Morgan fingerprint density at radius 1 is 1.03 bits per heavy atom. The molecule has 0 bridgehead atoms. The Morgan fingerprint density at radius 2 is 1.84 bits per heavy atom. The van der Waals surface area contributed by atoms with E-state index in [1.165, 1.54) is 23.2 Å². The van der Waals surface area contributed by atoms with E-state index in [0.29, 0.717) is 31.1 Å². The molecule has 7 heteroatoms. The van der Waals surface area contributed by atoms with E-state index in [-0.39, 0.29) is 18.4 Å². The van der Waals surface area contributed by atoms with Gasteiger partial charge in [-0.1, -0.05) is 12.1 Å². The predicted molar refractivity (Wildman–Crippen MR) is 116 cm³/mol. The molecule has 1 aliphatic carbocycles. The number of piperazine rings is 1. The molecule has 2 heterocycles. The summed E-state index contributed by atoms with van der Waals surface area (Å²) in [4.78, 5) is 40.7. The number of benzene rings is 2. The molecular formula is C24H25N3O4. The van der Waals surface area contributed by atoms with Gasteiger partial charge in [-0.25, -0.2) is 0 Å². The van der Waals surface area contributed by atoms with Gasteiger partial charge in [0.1, 0.15) is 5.75 Å². The number of hydrogen-bond donors (Lipinski definition) is 1. The second kappa shape index (κ2) is 7.72. The van der Waals surface area contributed by atoms with Gasteiger partial charge in [0, 0.05) is 48.7 Å². The average Bonchev–Trinajstić information content (AvgIpc) is 3.37. The van der Waals surface area contributed by atoms with Gasteiger partial charge in [0.25, 0.3) is 0 Å². The SMILES string of the molecule is C[C@@H]1CN(c2ccc3c(c2)CCC3)CCN1C(=O)C(=O)Nc1ccc2c(c1)OC(=O)C2. The summed E-state index contributed by atoms with van der Waals surface area (Å²) in [5.74, 6) is -1.10. The van der Waals surface area contributed by atoms with Gasteiger partial charge in [-0.15, -0.1) is 0 Å². The molecule has 5 rings (SSSR count). The first-order chi connectivity index (χ1) is 15.0. The van der Waals surface area contributed by atoms with Crippen LogP contribution >= 0.6 is 0 Å². The Labute approximate surface area is 181 Å². The molecule has 1 saturated heterocycles.